The van der Waals surface area contributed by atoms with E-state index >= 15 is 0 Å². The molecular weight excluding hydrogens is 334 g/mol. The number of nitrogens with one attached hydrogen (secondary N) is 1. The summed E-state index contributed by atoms with van der Waals surface area (Å²) in [4.78, 5) is 18.7. The minimum absolute atomic E-state index is 0.00930. The normalized spacial score (nSPS) is 16.5. The molecule has 1 fully saturated rings. The van der Waals surface area contributed by atoms with Crippen molar-refractivity contribution in [3.05, 3.63) is 23.9 Å². The van der Waals surface area contributed by atoms with Gasteiger partial charge in [0, 0.05) is 25.8 Å². The van der Waals surface area contributed by atoms with Crippen LogP contribution in [0.3, 0.4) is 0 Å². The largest absolute Gasteiger partial charge is 0.339 e. The van der Waals surface area contributed by atoms with E-state index in [4.69, 9.17) is 0 Å². The quantitative estimate of drug-likeness (QED) is 0.782. The van der Waals surface area contributed by atoms with Crippen LogP contribution in [0.4, 0.5) is 0 Å². The van der Waals surface area contributed by atoms with Crippen molar-refractivity contribution in [3.63, 3.8) is 0 Å². The lowest BCUT2D eigenvalue weighted by molar-refractivity contribution is 0.0687. The number of nitrogens with zero attached hydrogens (tertiary/aromatic N) is 2. The monoisotopic (exact) mass is 357 g/mol. The molecular formula is C15H23N3O3S2. The van der Waals surface area contributed by atoms with Gasteiger partial charge in [0.15, 0.2) is 0 Å². The van der Waals surface area contributed by atoms with Gasteiger partial charge in [-0.1, -0.05) is 0 Å². The van der Waals surface area contributed by atoms with Crippen LogP contribution in [0, 0.1) is 5.92 Å². The van der Waals surface area contributed by atoms with Crippen LogP contribution in [-0.4, -0.2) is 55.9 Å². The fraction of sp³-hybridized carbons (Fsp3) is 0.600. The Bertz CT molecular complexity index is 641. The molecule has 0 radical (unpaired) electrons. The second-order valence-electron chi connectivity index (χ2n) is 5.55. The Morgan fingerprint density at radius 3 is 2.74 bits per heavy atom. The lowest BCUT2D eigenvalue weighted by Crippen LogP contribution is -2.41. The summed E-state index contributed by atoms with van der Waals surface area (Å²) in [7, 11) is -3.14. The fourth-order valence-corrected chi connectivity index (χ4v) is 3.81. The van der Waals surface area contributed by atoms with E-state index in [9.17, 15) is 13.2 Å². The van der Waals surface area contributed by atoms with Gasteiger partial charge in [-0.2, -0.15) is 0 Å². The van der Waals surface area contributed by atoms with Crippen LogP contribution in [0.2, 0.25) is 0 Å². The van der Waals surface area contributed by atoms with Crippen LogP contribution in [0.1, 0.15) is 30.1 Å². The number of sulfonamides is 1. The van der Waals surface area contributed by atoms with E-state index in [1.807, 2.05) is 17.2 Å². The summed E-state index contributed by atoms with van der Waals surface area (Å²) in [5, 5.41) is 0.746. The number of thioether (sulfide) groups is 1. The van der Waals surface area contributed by atoms with Gasteiger partial charge in [-0.3, -0.25) is 4.79 Å². The Morgan fingerprint density at radius 2 is 2.13 bits per heavy atom. The minimum Gasteiger partial charge on any atom is -0.339 e. The molecule has 2 rings (SSSR count). The topological polar surface area (TPSA) is 79.4 Å². The van der Waals surface area contributed by atoms with Crippen LogP contribution in [-0.2, 0) is 10.0 Å². The van der Waals surface area contributed by atoms with Gasteiger partial charge in [0.25, 0.3) is 5.91 Å². The van der Waals surface area contributed by atoms with Crippen molar-refractivity contribution in [2.24, 2.45) is 5.92 Å². The van der Waals surface area contributed by atoms with Crippen molar-refractivity contribution >= 4 is 27.7 Å². The third kappa shape index (κ3) is 4.92. The number of amides is 1. The lowest BCUT2D eigenvalue weighted by Gasteiger charge is -2.32. The first-order valence-electron chi connectivity index (χ1n) is 7.72. The van der Waals surface area contributed by atoms with Gasteiger partial charge < -0.3 is 4.90 Å². The molecule has 8 heteroatoms. The summed E-state index contributed by atoms with van der Waals surface area (Å²) in [6.07, 6.45) is 5.22. The first kappa shape index (κ1) is 18.2. The van der Waals surface area contributed by atoms with Gasteiger partial charge in [-0.15, -0.1) is 11.8 Å². The van der Waals surface area contributed by atoms with Crippen molar-refractivity contribution in [2.75, 3.05) is 31.6 Å². The summed E-state index contributed by atoms with van der Waals surface area (Å²) in [5.41, 5.74) is 0.644. The Balaban J connectivity index is 1.90. The van der Waals surface area contributed by atoms with Crippen LogP contribution < -0.4 is 4.72 Å². The molecule has 2 heterocycles. The molecule has 1 amide bonds. The van der Waals surface area contributed by atoms with Crippen molar-refractivity contribution in [1.82, 2.24) is 14.6 Å². The minimum atomic E-state index is -3.14. The summed E-state index contributed by atoms with van der Waals surface area (Å²) in [5.74, 6) is 0.396. The smallest absolute Gasteiger partial charge is 0.256 e. The fourth-order valence-electron chi connectivity index (χ4n) is 2.57. The highest BCUT2D eigenvalue weighted by molar-refractivity contribution is 7.98. The Hall–Kier alpha value is -1.12. The van der Waals surface area contributed by atoms with Crippen LogP contribution in [0.15, 0.2) is 23.4 Å². The molecule has 1 aromatic rings. The number of carbonyl (C=O) groups excluding carboxylic acids is 1. The predicted molar refractivity (Wildman–Crippen MR) is 92.1 cm³/mol. The summed E-state index contributed by atoms with van der Waals surface area (Å²) in [6.45, 7) is 3.39. The van der Waals surface area contributed by atoms with E-state index in [1.165, 1.54) is 11.8 Å². The van der Waals surface area contributed by atoms with E-state index in [0.717, 1.165) is 17.9 Å². The van der Waals surface area contributed by atoms with Crippen molar-refractivity contribution in [1.29, 1.82) is 0 Å². The number of likely N-dealkylation sites (tertiary alicyclic amines) is 1. The third-order valence-corrected chi connectivity index (χ3v) is 6.15. The highest BCUT2D eigenvalue weighted by atomic mass is 32.2. The van der Waals surface area contributed by atoms with Gasteiger partial charge in [0.05, 0.1) is 11.3 Å². The molecule has 0 unspecified atom stereocenters. The van der Waals surface area contributed by atoms with Gasteiger partial charge in [-0.25, -0.2) is 18.1 Å². The van der Waals surface area contributed by atoms with Gasteiger partial charge in [0.1, 0.15) is 5.03 Å². The zero-order valence-electron chi connectivity index (χ0n) is 13.5. The molecule has 0 aliphatic carbocycles. The number of pyridine rings is 1. The molecule has 23 heavy (non-hydrogen) atoms. The van der Waals surface area contributed by atoms with E-state index in [1.54, 1.807) is 19.2 Å². The summed E-state index contributed by atoms with van der Waals surface area (Å²) >= 11 is 1.47. The number of piperidine rings is 1. The van der Waals surface area contributed by atoms with E-state index < -0.39 is 10.0 Å². The van der Waals surface area contributed by atoms with Crippen LogP contribution >= 0.6 is 11.8 Å². The van der Waals surface area contributed by atoms with Gasteiger partial charge >= 0.3 is 0 Å². The van der Waals surface area contributed by atoms with Crippen LogP contribution in [0.5, 0.6) is 0 Å². The summed E-state index contributed by atoms with van der Waals surface area (Å²) < 4.78 is 25.6. The molecule has 1 saturated heterocycles. The van der Waals surface area contributed by atoms with Gasteiger partial charge in [0.2, 0.25) is 10.0 Å². The zero-order valence-corrected chi connectivity index (χ0v) is 15.1. The molecule has 1 N–H and O–H groups in total. The molecule has 0 atom stereocenters. The standard InChI is InChI=1S/C15H23N3O3S2/c1-3-23(20,21)17-11-12-6-9-18(10-7-12)15(19)13-5-4-8-16-14(13)22-2/h4-5,8,12,17H,3,6-7,9-11H2,1-2H3. The van der Waals surface area contributed by atoms with Crippen molar-refractivity contribution < 1.29 is 13.2 Å². The van der Waals surface area contributed by atoms with Gasteiger partial charge in [-0.05, 0) is 44.1 Å². The molecule has 1 aliphatic rings. The maximum atomic E-state index is 12.6. The molecule has 1 aliphatic heterocycles. The summed E-state index contributed by atoms with van der Waals surface area (Å²) in [6, 6.07) is 3.59. The average Bonchev–Trinajstić information content (AvgIpc) is 2.60. The first-order valence-corrected chi connectivity index (χ1v) is 10.6. The molecule has 6 nitrogen and oxygen atoms in total. The highest BCUT2D eigenvalue weighted by Gasteiger charge is 2.25. The maximum absolute atomic E-state index is 12.6. The molecule has 128 valence electrons. The highest BCUT2D eigenvalue weighted by Crippen LogP contribution is 2.22. The predicted octanol–water partition coefficient (Wildman–Crippen LogP) is 1.59. The molecule has 1 aromatic heterocycles. The number of hydrogen-bond acceptors (Lipinski definition) is 5. The molecule has 0 aromatic carbocycles. The molecule has 0 bridgehead atoms. The average molecular weight is 358 g/mol. The second kappa shape index (κ2) is 8.12. The molecule has 0 saturated carbocycles. The SMILES string of the molecule is CCS(=O)(=O)NCC1CCN(C(=O)c2cccnc2SC)CC1. The first-order chi connectivity index (χ1) is 11.0. The van der Waals surface area contributed by atoms with E-state index in [-0.39, 0.29) is 17.6 Å². The van der Waals surface area contributed by atoms with Crippen molar-refractivity contribution in [2.45, 2.75) is 24.8 Å². The Morgan fingerprint density at radius 1 is 1.43 bits per heavy atom. The Labute approximate surface area is 142 Å². The number of hydrogen-bond donors (Lipinski definition) is 1. The second-order valence-corrected chi connectivity index (χ2v) is 8.44. The molecule has 0 spiro atoms. The van der Waals surface area contributed by atoms with Crippen molar-refractivity contribution in [3.8, 4) is 0 Å². The third-order valence-electron chi connectivity index (χ3n) is 4.07. The maximum Gasteiger partial charge on any atom is 0.256 e. The number of carbonyl (C=O) groups is 1. The number of rotatable bonds is 6. The Kier molecular flexibility index (Phi) is 6.43. The number of aromatic nitrogens is 1. The van der Waals surface area contributed by atoms with E-state index in [2.05, 4.69) is 9.71 Å². The zero-order chi connectivity index (χ0) is 16.9. The van der Waals surface area contributed by atoms with Crippen LogP contribution in [0.25, 0.3) is 0 Å². The van der Waals surface area contributed by atoms with E-state index in [0.29, 0.717) is 25.2 Å². The lowest BCUT2D eigenvalue weighted by atomic mass is 9.97.